The summed E-state index contributed by atoms with van der Waals surface area (Å²) in [7, 11) is 3.17. The normalized spacial score (nSPS) is 10.7. The Morgan fingerprint density at radius 1 is 1.04 bits per heavy atom. The lowest BCUT2D eigenvalue weighted by atomic mass is 10.0. The van der Waals surface area contributed by atoms with E-state index >= 15 is 0 Å². The minimum absolute atomic E-state index is 0.0685. The number of rotatable bonds is 5. The van der Waals surface area contributed by atoms with Crippen molar-refractivity contribution >= 4 is 44.4 Å². The van der Waals surface area contributed by atoms with Crippen molar-refractivity contribution in [3.63, 3.8) is 0 Å². The van der Waals surface area contributed by atoms with E-state index in [0.717, 1.165) is 15.4 Å². The summed E-state index contributed by atoms with van der Waals surface area (Å²) in [5.74, 6) is 1.15. The second-order valence-corrected chi connectivity index (χ2v) is 6.90. The predicted octanol–water partition coefficient (Wildman–Crippen LogP) is 4.97. The van der Waals surface area contributed by atoms with Crippen LogP contribution in [0, 0.1) is 0 Å². The fourth-order valence-electron chi connectivity index (χ4n) is 2.59. The van der Waals surface area contributed by atoms with Gasteiger partial charge in [0, 0.05) is 21.5 Å². The van der Waals surface area contributed by atoms with Gasteiger partial charge < -0.3 is 9.47 Å². The highest BCUT2D eigenvalue weighted by Gasteiger charge is 2.19. The SMILES string of the molecule is COc1cc2cc(C(=O)c3ccccc3Br)c(SC)nc2cc1OC. The minimum Gasteiger partial charge on any atom is -0.493 e. The number of carbonyl (C=O) groups excluding carboxylic acids is 1. The van der Waals surface area contributed by atoms with Gasteiger partial charge in [-0.05, 0) is 30.5 Å². The van der Waals surface area contributed by atoms with Gasteiger partial charge in [-0.3, -0.25) is 4.79 Å². The molecule has 0 spiro atoms. The Hall–Kier alpha value is -2.05. The van der Waals surface area contributed by atoms with Gasteiger partial charge in [-0.2, -0.15) is 0 Å². The number of methoxy groups -OCH3 is 2. The first kappa shape index (κ1) is 17.8. The second-order valence-electron chi connectivity index (χ2n) is 5.25. The van der Waals surface area contributed by atoms with Crippen LogP contribution >= 0.6 is 27.7 Å². The lowest BCUT2D eigenvalue weighted by molar-refractivity contribution is 0.103. The van der Waals surface area contributed by atoms with Crippen LogP contribution in [0.1, 0.15) is 15.9 Å². The number of halogens is 1. The molecule has 0 fully saturated rings. The molecule has 0 N–H and O–H groups in total. The Balaban J connectivity index is 2.21. The van der Waals surface area contributed by atoms with Crippen LogP contribution in [0.25, 0.3) is 10.9 Å². The fourth-order valence-corrected chi connectivity index (χ4v) is 3.62. The molecule has 2 aromatic carbocycles. The van der Waals surface area contributed by atoms with Crippen LogP contribution in [0.3, 0.4) is 0 Å². The number of carbonyl (C=O) groups is 1. The maximum Gasteiger partial charge on any atom is 0.196 e. The highest BCUT2D eigenvalue weighted by Crippen LogP contribution is 2.34. The molecule has 0 bridgehead atoms. The summed E-state index contributed by atoms with van der Waals surface area (Å²) in [5.41, 5.74) is 1.93. The van der Waals surface area contributed by atoms with Crippen molar-refractivity contribution in [2.24, 2.45) is 0 Å². The van der Waals surface area contributed by atoms with Crippen molar-refractivity contribution in [3.8, 4) is 11.5 Å². The van der Waals surface area contributed by atoms with Gasteiger partial charge in [0.2, 0.25) is 0 Å². The number of ketones is 1. The standard InChI is InChI=1S/C19H16BrNO3S/c1-23-16-9-11-8-13(18(22)12-6-4-5-7-14(12)20)19(25-3)21-15(11)10-17(16)24-2/h4-10H,1-3H3. The van der Waals surface area contributed by atoms with Crippen LogP contribution < -0.4 is 9.47 Å². The molecule has 1 heterocycles. The lowest BCUT2D eigenvalue weighted by Gasteiger charge is -2.12. The van der Waals surface area contributed by atoms with Gasteiger partial charge in [0.15, 0.2) is 17.3 Å². The molecule has 0 unspecified atom stereocenters. The van der Waals surface area contributed by atoms with E-state index in [2.05, 4.69) is 20.9 Å². The van der Waals surface area contributed by atoms with Crippen molar-refractivity contribution < 1.29 is 14.3 Å². The lowest BCUT2D eigenvalue weighted by Crippen LogP contribution is -2.06. The molecule has 0 aliphatic carbocycles. The maximum atomic E-state index is 13.0. The van der Waals surface area contributed by atoms with Gasteiger partial charge in [0.25, 0.3) is 0 Å². The van der Waals surface area contributed by atoms with Crippen LogP contribution in [-0.4, -0.2) is 31.2 Å². The highest BCUT2D eigenvalue weighted by atomic mass is 79.9. The Bertz CT molecular complexity index is 959. The Kier molecular flexibility index (Phi) is 5.30. The maximum absolute atomic E-state index is 13.0. The van der Waals surface area contributed by atoms with Crippen LogP contribution in [-0.2, 0) is 0 Å². The zero-order chi connectivity index (χ0) is 18.0. The van der Waals surface area contributed by atoms with Crippen LogP contribution in [0.4, 0.5) is 0 Å². The fraction of sp³-hybridized carbons (Fsp3) is 0.158. The van der Waals surface area contributed by atoms with Crippen molar-refractivity contribution in [1.82, 2.24) is 4.98 Å². The number of aromatic nitrogens is 1. The second kappa shape index (κ2) is 7.45. The van der Waals surface area contributed by atoms with Crippen molar-refractivity contribution in [1.29, 1.82) is 0 Å². The molecule has 0 amide bonds. The van der Waals surface area contributed by atoms with Gasteiger partial charge in [0.05, 0.1) is 25.3 Å². The van der Waals surface area contributed by atoms with Gasteiger partial charge in [-0.15, -0.1) is 11.8 Å². The Labute approximate surface area is 158 Å². The van der Waals surface area contributed by atoms with Crippen LogP contribution in [0.2, 0.25) is 0 Å². The van der Waals surface area contributed by atoms with Gasteiger partial charge in [0.1, 0.15) is 5.03 Å². The number of ether oxygens (including phenoxy) is 2. The minimum atomic E-state index is -0.0685. The first-order chi connectivity index (χ1) is 12.1. The molecule has 4 nitrogen and oxygen atoms in total. The molecule has 0 aliphatic heterocycles. The smallest absolute Gasteiger partial charge is 0.196 e. The first-order valence-corrected chi connectivity index (χ1v) is 9.50. The molecule has 0 saturated carbocycles. The quantitative estimate of drug-likeness (QED) is 0.433. The Morgan fingerprint density at radius 2 is 1.72 bits per heavy atom. The van der Waals surface area contributed by atoms with E-state index in [1.807, 2.05) is 42.7 Å². The van der Waals surface area contributed by atoms with E-state index < -0.39 is 0 Å². The zero-order valence-corrected chi connectivity index (χ0v) is 16.4. The summed E-state index contributed by atoms with van der Waals surface area (Å²) in [6.07, 6.45) is 1.91. The summed E-state index contributed by atoms with van der Waals surface area (Å²) >= 11 is 4.89. The van der Waals surface area contributed by atoms with E-state index in [4.69, 9.17) is 9.47 Å². The molecule has 0 aliphatic rings. The molecule has 0 saturated heterocycles. The van der Waals surface area contributed by atoms with Crippen molar-refractivity contribution in [2.45, 2.75) is 5.03 Å². The molecule has 3 rings (SSSR count). The average molecular weight is 418 g/mol. The first-order valence-electron chi connectivity index (χ1n) is 7.49. The van der Waals surface area contributed by atoms with E-state index in [1.165, 1.54) is 11.8 Å². The monoisotopic (exact) mass is 417 g/mol. The highest BCUT2D eigenvalue weighted by molar-refractivity contribution is 9.10. The number of fused-ring (bicyclic) bond motifs is 1. The van der Waals surface area contributed by atoms with E-state index in [-0.39, 0.29) is 5.78 Å². The summed E-state index contributed by atoms with van der Waals surface area (Å²) < 4.78 is 11.5. The van der Waals surface area contributed by atoms with Gasteiger partial charge >= 0.3 is 0 Å². The van der Waals surface area contributed by atoms with Crippen molar-refractivity contribution in [2.75, 3.05) is 20.5 Å². The number of hydrogen-bond acceptors (Lipinski definition) is 5. The van der Waals surface area contributed by atoms with E-state index in [0.29, 0.717) is 27.7 Å². The van der Waals surface area contributed by atoms with E-state index in [1.54, 1.807) is 20.3 Å². The number of benzene rings is 2. The molecule has 3 aromatic rings. The number of nitrogens with zero attached hydrogens (tertiary/aromatic N) is 1. The molecule has 25 heavy (non-hydrogen) atoms. The Morgan fingerprint density at radius 3 is 2.36 bits per heavy atom. The third kappa shape index (κ3) is 3.37. The summed E-state index contributed by atoms with van der Waals surface area (Å²) in [6, 6.07) is 12.9. The third-order valence-electron chi connectivity index (χ3n) is 3.84. The van der Waals surface area contributed by atoms with Gasteiger partial charge in [-0.25, -0.2) is 4.98 Å². The largest absolute Gasteiger partial charge is 0.493 e. The summed E-state index contributed by atoms with van der Waals surface area (Å²) in [4.78, 5) is 17.7. The summed E-state index contributed by atoms with van der Waals surface area (Å²) in [6.45, 7) is 0. The molecular formula is C19H16BrNO3S. The van der Waals surface area contributed by atoms with Crippen LogP contribution in [0.5, 0.6) is 11.5 Å². The van der Waals surface area contributed by atoms with Gasteiger partial charge in [-0.1, -0.05) is 28.1 Å². The average Bonchev–Trinajstić information content (AvgIpc) is 2.65. The number of thioether (sulfide) groups is 1. The predicted molar refractivity (Wildman–Crippen MR) is 104 cm³/mol. The third-order valence-corrected chi connectivity index (χ3v) is 5.23. The molecule has 1 aromatic heterocycles. The van der Waals surface area contributed by atoms with E-state index in [9.17, 15) is 4.79 Å². The number of hydrogen-bond donors (Lipinski definition) is 0. The molecular weight excluding hydrogens is 402 g/mol. The molecule has 6 heteroatoms. The zero-order valence-electron chi connectivity index (χ0n) is 14.0. The molecule has 0 atom stereocenters. The van der Waals surface area contributed by atoms with Crippen LogP contribution in [0.15, 0.2) is 52.0 Å². The number of pyridine rings is 1. The molecule has 128 valence electrons. The topological polar surface area (TPSA) is 48.4 Å². The summed E-state index contributed by atoms with van der Waals surface area (Å²) in [5, 5.41) is 1.51. The van der Waals surface area contributed by atoms with Crippen molar-refractivity contribution in [3.05, 3.63) is 58.1 Å². The molecule has 0 radical (unpaired) electrons.